The van der Waals surface area contributed by atoms with Gasteiger partial charge in [-0.05, 0) is 37.6 Å². The van der Waals surface area contributed by atoms with E-state index in [0.717, 1.165) is 5.56 Å². The van der Waals surface area contributed by atoms with E-state index in [-0.39, 0.29) is 0 Å². The molecule has 0 aliphatic heterocycles. The Balaban J connectivity index is 2.38. The van der Waals surface area contributed by atoms with Crippen LogP contribution in [0.4, 0.5) is 0 Å². The SMILES string of the molecule is [2H]C([2H])([2H])NC([2H])([2H])CC([2H])(Oc1ccccc1C)c1ccccc1. The van der Waals surface area contributed by atoms with Crippen molar-refractivity contribution in [3.8, 4) is 5.75 Å². The van der Waals surface area contributed by atoms with Crippen LogP contribution in [0.1, 0.15) is 31.9 Å². The standard InChI is InChI=1S/C17H21NO/c1-14-8-6-7-11-16(14)19-17(12-13-18-2)15-9-4-3-5-10-15/h3-11,17-18H,12-13H2,1-2H3/i2D3,13D2,17D. The molecule has 19 heavy (non-hydrogen) atoms. The van der Waals surface area contributed by atoms with Gasteiger partial charge < -0.3 is 10.1 Å². The Morgan fingerprint density at radius 1 is 1.21 bits per heavy atom. The number of para-hydroxylation sites is 1. The summed E-state index contributed by atoms with van der Waals surface area (Å²) in [6, 6.07) is 15.7. The highest BCUT2D eigenvalue weighted by atomic mass is 16.5. The molecule has 2 heteroatoms. The van der Waals surface area contributed by atoms with Crippen molar-refractivity contribution in [2.24, 2.45) is 0 Å². The number of rotatable bonds is 6. The van der Waals surface area contributed by atoms with Crippen LogP contribution in [0.2, 0.25) is 0 Å². The van der Waals surface area contributed by atoms with Gasteiger partial charge in [0.2, 0.25) is 0 Å². The van der Waals surface area contributed by atoms with Gasteiger partial charge in [0.1, 0.15) is 11.8 Å². The zero-order valence-electron chi connectivity index (χ0n) is 16.8. The van der Waals surface area contributed by atoms with Crippen LogP contribution < -0.4 is 10.1 Å². The van der Waals surface area contributed by atoms with Crippen LogP contribution in [0.25, 0.3) is 0 Å². The van der Waals surface area contributed by atoms with Crippen molar-refractivity contribution >= 4 is 0 Å². The molecule has 2 rings (SSSR count). The summed E-state index contributed by atoms with van der Waals surface area (Å²) < 4.78 is 52.4. The molecule has 0 saturated carbocycles. The average Bonchev–Trinajstić information content (AvgIpc) is 2.47. The summed E-state index contributed by atoms with van der Waals surface area (Å²) in [5, 5.41) is 1.95. The van der Waals surface area contributed by atoms with E-state index in [2.05, 4.69) is 0 Å². The summed E-state index contributed by atoms with van der Waals surface area (Å²) in [7, 11) is 0. The number of hydrogen-bond donors (Lipinski definition) is 1. The highest BCUT2D eigenvalue weighted by Crippen LogP contribution is 2.26. The Labute approximate surface area is 123 Å². The van der Waals surface area contributed by atoms with Crippen molar-refractivity contribution in [3.05, 3.63) is 65.7 Å². The molecular formula is C17H21NO. The van der Waals surface area contributed by atoms with Gasteiger partial charge in [-0.15, -0.1) is 0 Å². The molecule has 0 radical (unpaired) electrons. The predicted molar refractivity (Wildman–Crippen MR) is 79.5 cm³/mol. The normalized spacial score (nSPS) is 19.8. The number of benzene rings is 2. The summed E-state index contributed by atoms with van der Waals surface area (Å²) in [6.07, 6.45) is -2.30. The minimum atomic E-state index is -2.66. The molecule has 0 saturated heterocycles. The lowest BCUT2D eigenvalue weighted by Gasteiger charge is -2.20. The summed E-state index contributed by atoms with van der Waals surface area (Å²) in [5.74, 6) is 0.450. The fraction of sp³-hybridized carbons (Fsp3) is 0.294. The zero-order chi connectivity index (χ0) is 18.7. The Kier molecular flexibility index (Phi) is 2.82. The monoisotopic (exact) mass is 261 g/mol. The third-order valence-corrected chi connectivity index (χ3v) is 2.76. The van der Waals surface area contributed by atoms with Crippen molar-refractivity contribution in [2.75, 3.05) is 13.5 Å². The van der Waals surface area contributed by atoms with Gasteiger partial charge in [0, 0.05) is 13.3 Å². The second-order valence-corrected chi connectivity index (χ2v) is 4.14. The van der Waals surface area contributed by atoms with E-state index < -0.39 is 26.0 Å². The molecule has 1 atom stereocenters. The molecule has 0 fully saturated rings. The zero-order valence-corrected chi connectivity index (χ0v) is 10.8. The fourth-order valence-electron chi connectivity index (χ4n) is 1.75. The van der Waals surface area contributed by atoms with Crippen molar-refractivity contribution in [2.45, 2.75) is 19.4 Å². The molecule has 1 unspecified atom stereocenters. The van der Waals surface area contributed by atoms with E-state index in [1.54, 1.807) is 42.5 Å². The molecule has 2 aromatic carbocycles. The van der Waals surface area contributed by atoms with E-state index in [4.69, 9.17) is 13.0 Å². The minimum Gasteiger partial charge on any atom is -0.485 e. The van der Waals surface area contributed by atoms with Crippen LogP contribution >= 0.6 is 0 Å². The molecule has 0 bridgehead atoms. The van der Waals surface area contributed by atoms with Crippen LogP contribution in [0.5, 0.6) is 5.75 Å². The van der Waals surface area contributed by atoms with E-state index >= 15 is 0 Å². The van der Waals surface area contributed by atoms with E-state index in [1.807, 2.05) is 24.4 Å². The molecule has 2 nitrogen and oxygen atoms in total. The van der Waals surface area contributed by atoms with Crippen molar-refractivity contribution in [3.63, 3.8) is 0 Å². The quantitative estimate of drug-likeness (QED) is 0.855. The second kappa shape index (κ2) is 6.95. The van der Waals surface area contributed by atoms with Gasteiger partial charge in [-0.25, -0.2) is 0 Å². The maximum atomic E-state index is 8.77. The fourth-order valence-corrected chi connectivity index (χ4v) is 1.75. The molecule has 100 valence electrons. The van der Waals surface area contributed by atoms with Crippen molar-refractivity contribution in [1.82, 2.24) is 5.32 Å². The van der Waals surface area contributed by atoms with Gasteiger partial charge in [-0.1, -0.05) is 48.5 Å². The lowest BCUT2D eigenvalue weighted by atomic mass is 10.1. The molecule has 0 aromatic heterocycles. The molecule has 0 aliphatic rings. The molecule has 0 aliphatic carbocycles. The Morgan fingerprint density at radius 3 is 2.68 bits per heavy atom. The third kappa shape index (κ3) is 3.83. The number of ether oxygens (including phenoxy) is 1. The maximum absolute atomic E-state index is 8.77. The molecule has 2 aromatic rings. The van der Waals surface area contributed by atoms with E-state index in [1.165, 1.54) is 0 Å². The first-order valence-electron chi connectivity index (χ1n) is 9.10. The molecular weight excluding hydrogens is 234 g/mol. The van der Waals surface area contributed by atoms with Gasteiger partial charge in [-0.2, -0.15) is 0 Å². The van der Waals surface area contributed by atoms with Gasteiger partial charge in [0.25, 0.3) is 0 Å². The Hall–Kier alpha value is -1.80. The van der Waals surface area contributed by atoms with Crippen LogP contribution in [0, 0.1) is 6.92 Å². The van der Waals surface area contributed by atoms with Gasteiger partial charge in [-0.3, -0.25) is 0 Å². The Morgan fingerprint density at radius 2 is 1.95 bits per heavy atom. The van der Waals surface area contributed by atoms with Gasteiger partial charge in [0.15, 0.2) is 0 Å². The Bertz CT molecular complexity index is 704. The minimum absolute atomic E-state index is 0.439. The summed E-state index contributed by atoms with van der Waals surface area (Å²) in [5.41, 5.74) is 1.24. The third-order valence-electron chi connectivity index (χ3n) is 2.76. The van der Waals surface area contributed by atoms with Crippen LogP contribution in [0.3, 0.4) is 0 Å². The lowest BCUT2D eigenvalue weighted by Crippen LogP contribution is -2.16. The number of nitrogens with one attached hydrogen (secondary N) is 1. The highest BCUT2D eigenvalue weighted by molar-refractivity contribution is 5.33. The predicted octanol–water partition coefficient (Wildman–Crippen LogP) is 3.72. The van der Waals surface area contributed by atoms with E-state index in [0.29, 0.717) is 11.3 Å². The molecule has 0 amide bonds. The second-order valence-electron chi connectivity index (χ2n) is 4.14. The van der Waals surface area contributed by atoms with Crippen molar-refractivity contribution in [1.29, 1.82) is 0 Å². The van der Waals surface area contributed by atoms with Crippen molar-refractivity contribution < 1.29 is 13.0 Å². The largest absolute Gasteiger partial charge is 0.485 e. The summed E-state index contributed by atoms with van der Waals surface area (Å²) in [6.45, 7) is -3.16. The first-order valence-corrected chi connectivity index (χ1v) is 6.10. The number of aryl methyl sites for hydroxylation is 1. The lowest BCUT2D eigenvalue weighted by molar-refractivity contribution is 0.193. The van der Waals surface area contributed by atoms with Crippen LogP contribution in [-0.4, -0.2) is 13.5 Å². The molecule has 1 N–H and O–H groups in total. The molecule has 0 heterocycles. The van der Waals surface area contributed by atoms with Crippen LogP contribution in [0.15, 0.2) is 54.6 Å². The summed E-state index contributed by atoms with van der Waals surface area (Å²) in [4.78, 5) is 0. The van der Waals surface area contributed by atoms with Crippen LogP contribution in [-0.2, 0) is 0 Å². The van der Waals surface area contributed by atoms with E-state index in [9.17, 15) is 0 Å². The van der Waals surface area contributed by atoms with Gasteiger partial charge >= 0.3 is 0 Å². The first-order chi connectivity index (χ1) is 11.5. The van der Waals surface area contributed by atoms with Gasteiger partial charge in [0.05, 0.1) is 1.37 Å². The summed E-state index contributed by atoms with van der Waals surface area (Å²) >= 11 is 0. The topological polar surface area (TPSA) is 21.3 Å². The molecule has 0 spiro atoms. The number of hydrogen-bond acceptors (Lipinski definition) is 2. The average molecular weight is 261 g/mol. The first kappa shape index (κ1) is 7.71. The maximum Gasteiger partial charge on any atom is 0.125 e. The highest BCUT2D eigenvalue weighted by Gasteiger charge is 2.13. The smallest absolute Gasteiger partial charge is 0.125 e.